The Hall–Kier alpha value is -3.81. The van der Waals surface area contributed by atoms with Gasteiger partial charge in [0.1, 0.15) is 16.9 Å². The van der Waals surface area contributed by atoms with Gasteiger partial charge in [-0.15, -0.1) is 0 Å². The van der Waals surface area contributed by atoms with Gasteiger partial charge in [-0.3, -0.25) is 9.78 Å². The molecule has 0 radical (unpaired) electrons. The number of nitrogen functional groups attached to an aromatic ring is 1. The minimum Gasteiger partial charge on any atom is -0.383 e. The fourth-order valence-corrected chi connectivity index (χ4v) is 3.22. The molecule has 3 N–H and O–H groups in total. The predicted octanol–water partition coefficient (Wildman–Crippen LogP) is 3.36. The van der Waals surface area contributed by atoms with E-state index in [9.17, 15) is 4.79 Å². The maximum Gasteiger partial charge on any atom is 0.257 e. The summed E-state index contributed by atoms with van der Waals surface area (Å²) in [6.45, 7) is 2.70. The summed E-state index contributed by atoms with van der Waals surface area (Å²) in [7, 11) is 0. The monoisotopic (exact) mass is 401 g/mol. The van der Waals surface area contributed by atoms with Crippen LogP contribution in [0.5, 0.6) is 0 Å². The first-order valence-corrected chi connectivity index (χ1v) is 9.99. The van der Waals surface area contributed by atoms with Crippen LogP contribution in [0.25, 0.3) is 22.2 Å². The van der Waals surface area contributed by atoms with Crippen LogP contribution in [0, 0.1) is 0 Å². The van der Waals surface area contributed by atoms with E-state index in [1.807, 2.05) is 42.5 Å². The second-order valence-electron chi connectivity index (χ2n) is 6.92. The zero-order valence-electron chi connectivity index (χ0n) is 16.7. The van der Waals surface area contributed by atoms with Crippen molar-refractivity contribution in [2.24, 2.45) is 5.10 Å². The van der Waals surface area contributed by atoms with Crippen LogP contribution in [-0.4, -0.2) is 38.3 Å². The predicted molar refractivity (Wildman–Crippen MR) is 119 cm³/mol. The number of amides is 1. The van der Waals surface area contributed by atoms with Crippen molar-refractivity contribution in [3.8, 4) is 0 Å². The van der Waals surface area contributed by atoms with Crippen molar-refractivity contribution in [3.63, 3.8) is 0 Å². The summed E-state index contributed by atoms with van der Waals surface area (Å²) >= 11 is 0. The maximum atomic E-state index is 12.9. The number of carbonyl (C=O) groups is 1. The number of anilines is 1. The maximum absolute atomic E-state index is 12.9. The Labute approximate surface area is 173 Å². The summed E-state index contributed by atoms with van der Waals surface area (Å²) < 4.78 is 1.45. The molecule has 0 aliphatic carbocycles. The number of carbonyl (C=O) groups excluding carboxylic acids is 1. The summed E-state index contributed by atoms with van der Waals surface area (Å²) in [5, 5.41) is 7.38. The third-order valence-electron chi connectivity index (χ3n) is 4.76. The van der Waals surface area contributed by atoms with E-state index < -0.39 is 0 Å². The average Bonchev–Trinajstić information content (AvgIpc) is 3.04. The average molecular weight is 401 g/mol. The molecule has 0 aliphatic heterocycles. The highest BCUT2D eigenvalue weighted by Crippen LogP contribution is 2.27. The van der Waals surface area contributed by atoms with E-state index in [0.717, 1.165) is 19.3 Å². The van der Waals surface area contributed by atoms with Crippen LogP contribution in [0.2, 0.25) is 0 Å². The fourth-order valence-electron chi connectivity index (χ4n) is 3.22. The van der Waals surface area contributed by atoms with Gasteiger partial charge in [0.2, 0.25) is 0 Å². The Kier molecular flexibility index (Phi) is 5.65. The molecule has 30 heavy (non-hydrogen) atoms. The number of rotatable bonds is 7. The van der Waals surface area contributed by atoms with Gasteiger partial charge in [0, 0.05) is 12.7 Å². The van der Waals surface area contributed by atoms with Crippen molar-refractivity contribution >= 4 is 40.1 Å². The molecular formula is C22H23N7O. The lowest BCUT2D eigenvalue weighted by Crippen LogP contribution is -2.25. The number of fused-ring (bicyclic) bond motifs is 2. The number of nitrogens with one attached hydrogen (secondary N) is 1. The van der Waals surface area contributed by atoms with Crippen molar-refractivity contribution in [1.82, 2.24) is 24.9 Å². The molecular weight excluding hydrogens is 378 g/mol. The van der Waals surface area contributed by atoms with E-state index in [-0.39, 0.29) is 17.3 Å². The van der Waals surface area contributed by atoms with Crippen LogP contribution in [0.15, 0.2) is 53.8 Å². The van der Waals surface area contributed by atoms with Crippen LogP contribution in [0.3, 0.4) is 0 Å². The number of nitrogens with two attached hydrogens (primary N) is 1. The molecule has 152 valence electrons. The SMILES string of the molecule is CCCCCNC(=O)c1c(N)n(N=Cc2ccccn2)c2nc3ccccc3nc12. The van der Waals surface area contributed by atoms with Gasteiger partial charge < -0.3 is 11.1 Å². The smallest absolute Gasteiger partial charge is 0.257 e. The van der Waals surface area contributed by atoms with Gasteiger partial charge in [-0.05, 0) is 30.7 Å². The zero-order chi connectivity index (χ0) is 20.9. The summed E-state index contributed by atoms with van der Waals surface area (Å²) in [5.74, 6) is -0.0783. The first-order chi connectivity index (χ1) is 14.7. The number of para-hydroxylation sites is 2. The van der Waals surface area contributed by atoms with Gasteiger partial charge in [-0.1, -0.05) is 38.0 Å². The number of hydrogen-bond donors (Lipinski definition) is 2. The highest BCUT2D eigenvalue weighted by molar-refractivity contribution is 6.10. The Balaban J connectivity index is 1.81. The molecule has 3 aromatic heterocycles. The Morgan fingerprint density at radius 3 is 2.63 bits per heavy atom. The van der Waals surface area contributed by atoms with E-state index >= 15 is 0 Å². The second kappa shape index (κ2) is 8.69. The molecule has 8 nitrogen and oxygen atoms in total. The topological polar surface area (TPSA) is 111 Å². The lowest BCUT2D eigenvalue weighted by atomic mass is 10.2. The third kappa shape index (κ3) is 3.84. The molecule has 1 amide bonds. The molecule has 0 aliphatic rings. The largest absolute Gasteiger partial charge is 0.383 e. The number of pyridine rings is 1. The number of hydrogen-bond acceptors (Lipinski definition) is 6. The van der Waals surface area contributed by atoms with Crippen LogP contribution < -0.4 is 11.1 Å². The highest BCUT2D eigenvalue weighted by atomic mass is 16.1. The molecule has 0 unspecified atom stereocenters. The van der Waals surface area contributed by atoms with E-state index in [1.165, 1.54) is 4.68 Å². The van der Waals surface area contributed by atoms with Crippen molar-refractivity contribution in [1.29, 1.82) is 0 Å². The molecule has 0 bridgehead atoms. The second-order valence-corrected chi connectivity index (χ2v) is 6.92. The van der Waals surface area contributed by atoms with Gasteiger partial charge in [0.05, 0.1) is 22.9 Å². The van der Waals surface area contributed by atoms with Crippen LogP contribution in [0.1, 0.15) is 42.2 Å². The molecule has 1 aromatic carbocycles. The van der Waals surface area contributed by atoms with Crippen molar-refractivity contribution in [3.05, 3.63) is 59.9 Å². The fraction of sp³-hybridized carbons (Fsp3) is 0.227. The molecule has 0 atom stereocenters. The lowest BCUT2D eigenvalue weighted by Gasteiger charge is -2.04. The summed E-state index contributed by atoms with van der Waals surface area (Å²) in [6, 6.07) is 13.0. The molecule has 3 heterocycles. The van der Waals surface area contributed by atoms with E-state index in [4.69, 9.17) is 5.73 Å². The van der Waals surface area contributed by atoms with Crippen LogP contribution in [0.4, 0.5) is 5.82 Å². The van der Waals surface area contributed by atoms with E-state index in [2.05, 4.69) is 32.3 Å². The first-order valence-electron chi connectivity index (χ1n) is 9.99. The Morgan fingerprint density at radius 2 is 1.90 bits per heavy atom. The first kappa shape index (κ1) is 19.5. The molecule has 0 fully saturated rings. The van der Waals surface area contributed by atoms with Gasteiger partial charge >= 0.3 is 0 Å². The van der Waals surface area contributed by atoms with Gasteiger partial charge in [-0.2, -0.15) is 9.78 Å². The van der Waals surface area contributed by atoms with Crippen molar-refractivity contribution < 1.29 is 4.79 Å². The quantitative estimate of drug-likeness (QED) is 0.364. The normalized spacial score (nSPS) is 11.5. The highest BCUT2D eigenvalue weighted by Gasteiger charge is 2.23. The molecule has 4 rings (SSSR count). The Bertz CT molecular complexity index is 1210. The number of nitrogens with zero attached hydrogens (tertiary/aromatic N) is 5. The van der Waals surface area contributed by atoms with Gasteiger partial charge in [-0.25, -0.2) is 9.97 Å². The van der Waals surface area contributed by atoms with Crippen LogP contribution in [-0.2, 0) is 0 Å². The third-order valence-corrected chi connectivity index (χ3v) is 4.76. The number of benzene rings is 1. The lowest BCUT2D eigenvalue weighted by molar-refractivity contribution is 0.0955. The van der Waals surface area contributed by atoms with Gasteiger partial charge in [0.25, 0.3) is 5.91 Å². The van der Waals surface area contributed by atoms with Crippen LogP contribution >= 0.6 is 0 Å². The molecule has 4 aromatic rings. The number of aromatic nitrogens is 4. The molecule has 0 saturated carbocycles. The minimum atomic E-state index is -0.273. The van der Waals surface area contributed by atoms with Crippen molar-refractivity contribution in [2.75, 3.05) is 12.3 Å². The minimum absolute atomic E-state index is 0.195. The number of unbranched alkanes of at least 4 members (excludes halogenated alkanes) is 2. The summed E-state index contributed by atoms with van der Waals surface area (Å²) in [5.41, 5.74) is 9.56. The molecule has 0 spiro atoms. The van der Waals surface area contributed by atoms with E-state index in [0.29, 0.717) is 34.4 Å². The zero-order valence-corrected chi connectivity index (χ0v) is 16.7. The van der Waals surface area contributed by atoms with E-state index in [1.54, 1.807) is 12.4 Å². The summed E-state index contributed by atoms with van der Waals surface area (Å²) in [6.07, 6.45) is 6.30. The van der Waals surface area contributed by atoms with Crippen molar-refractivity contribution in [2.45, 2.75) is 26.2 Å². The molecule has 8 heteroatoms. The van der Waals surface area contributed by atoms with Gasteiger partial charge in [0.15, 0.2) is 5.65 Å². The summed E-state index contributed by atoms with van der Waals surface area (Å²) in [4.78, 5) is 26.5. The Morgan fingerprint density at radius 1 is 1.13 bits per heavy atom. The molecule has 0 saturated heterocycles. The standard InChI is InChI=1S/C22H23N7O/c1-2-3-7-13-25-22(30)18-19-21(28-17-11-5-4-10-16(17)27-19)29(20(18)23)26-14-15-9-6-8-12-24-15/h4-6,8-12,14H,2-3,7,13,23H2,1H3,(H,25,30).